The fourth-order valence-corrected chi connectivity index (χ4v) is 2.45. The highest BCUT2D eigenvalue weighted by Crippen LogP contribution is 2.06. The summed E-state index contributed by atoms with van der Waals surface area (Å²) < 4.78 is 4.82. The molecule has 0 aliphatic carbocycles. The molecule has 20 heavy (non-hydrogen) atoms. The van der Waals surface area contributed by atoms with E-state index in [1.807, 2.05) is 0 Å². The van der Waals surface area contributed by atoms with E-state index in [2.05, 4.69) is 23.6 Å². The van der Waals surface area contributed by atoms with E-state index in [1.165, 1.54) is 0 Å². The zero-order valence-corrected chi connectivity index (χ0v) is 13.1. The largest absolute Gasteiger partial charge is 0.466 e. The second-order valence-corrected chi connectivity index (χ2v) is 5.81. The number of carbonyl (C=O) groups is 2. The molecule has 0 bridgehead atoms. The lowest BCUT2D eigenvalue weighted by atomic mass is 10.1. The average Bonchev–Trinajstić information content (AvgIpc) is 2.38. The van der Waals surface area contributed by atoms with E-state index in [0.29, 0.717) is 25.5 Å². The van der Waals surface area contributed by atoms with Gasteiger partial charge in [-0.2, -0.15) is 0 Å². The average molecular weight is 284 g/mol. The normalized spacial score (nSPS) is 17.4. The molecule has 5 nitrogen and oxygen atoms in total. The van der Waals surface area contributed by atoms with Gasteiger partial charge in [0.15, 0.2) is 0 Å². The Morgan fingerprint density at radius 3 is 2.20 bits per heavy atom. The topological polar surface area (TPSA) is 49.9 Å². The Balaban J connectivity index is 2.16. The van der Waals surface area contributed by atoms with E-state index in [1.54, 1.807) is 6.92 Å². The van der Waals surface area contributed by atoms with Crippen molar-refractivity contribution in [1.29, 1.82) is 0 Å². The van der Waals surface area contributed by atoms with Crippen LogP contribution in [0.25, 0.3) is 0 Å². The maximum atomic E-state index is 11.8. The molecular formula is C15H28N2O3. The van der Waals surface area contributed by atoms with Crippen LogP contribution in [0.15, 0.2) is 0 Å². The molecule has 1 aliphatic rings. The smallest absolute Gasteiger partial charge is 0.306 e. The Morgan fingerprint density at radius 2 is 1.65 bits per heavy atom. The third-order valence-electron chi connectivity index (χ3n) is 3.40. The number of esters is 1. The van der Waals surface area contributed by atoms with Gasteiger partial charge >= 0.3 is 5.97 Å². The third-order valence-corrected chi connectivity index (χ3v) is 3.40. The molecule has 1 fully saturated rings. The Kier molecular flexibility index (Phi) is 7.77. The molecule has 0 amide bonds. The van der Waals surface area contributed by atoms with Crippen LogP contribution >= 0.6 is 0 Å². The van der Waals surface area contributed by atoms with Gasteiger partial charge in [-0.25, -0.2) is 0 Å². The predicted molar refractivity (Wildman–Crippen MR) is 78.6 cm³/mol. The maximum Gasteiger partial charge on any atom is 0.306 e. The van der Waals surface area contributed by atoms with Crippen molar-refractivity contribution in [2.75, 3.05) is 45.9 Å². The molecule has 0 saturated carbocycles. The third kappa shape index (κ3) is 7.01. The summed E-state index contributed by atoms with van der Waals surface area (Å²) in [5.74, 6) is 0.547. The second-order valence-electron chi connectivity index (χ2n) is 5.81. The van der Waals surface area contributed by atoms with E-state index >= 15 is 0 Å². The molecular weight excluding hydrogens is 256 g/mol. The molecule has 0 aromatic rings. The van der Waals surface area contributed by atoms with Crippen molar-refractivity contribution in [1.82, 2.24) is 9.80 Å². The van der Waals surface area contributed by atoms with E-state index in [4.69, 9.17) is 4.74 Å². The van der Waals surface area contributed by atoms with Crippen LogP contribution in [-0.2, 0) is 14.3 Å². The minimum Gasteiger partial charge on any atom is -0.466 e. The van der Waals surface area contributed by atoms with Gasteiger partial charge in [-0.1, -0.05) is 13.8 Å². The molecule has 1 rings (SSSR count). The van der Waals surface area contributed by atoms with Crippen LogP contribution in [0, 0.1) is 5.92 Å². The van der Waals surface area contributed by atoms with Crippen LogP contribution < -0.4 is 0 Å². The summed E-state index contributed by atoms with van der Waals surface area (Å²) >= 11 is 0. The van der Waals surface area contributed by atoms with Crippen LogP contribution in [0.5, 0.6) is 0 Å². The number of ketones is 1. The minimum atomic E-state index is -0.275. The first-order valence-corrected chi connectivity index (χ1v) is 7.63. The highest BCUT2D eigenvalue weighted by atomic mass is 16.5. The maximum absolute atomic E-state index is 11.8. The summed E-state index contributed by atoms with van der Waals surface area (Å²) in [4.78, 5) is 27.6. The Labute approximate surface area is 122 Å². The molecule has 0 aromatic carbocycles. The highest BCUT2D eigenvalue weighted by Gasteiger charge is 2.19. The van der Waals surface area contributed by atoms with E-state index < -0.39 is 0 Å². The van der Waals surface area contributed by atoms with E-state index in [9.17, 15) is 9.59 Å². The molecule has 0 radical (unpaired) electrons. The number of nitrogens with zero attached hydrogens (tertiary/aromatic N) is 2. The second kappa shape index (κ2) is 9.08. The summed E-state index contributed by atoms with van der Waals surface area (Å²) in [6.45, 7) is 12.2. The minimum absolute atomic E-state index is 0.135. The number of carbonyl (C=O) groups excluding carboxylic acids is 2. The molecule has 5 heteroatoms. The summed E-state index contributed by atoms with van der Waals surface area (Å²) in [5, 5.41) is 0. The zero-order chi connectivity index (χ0) is 15.0. The lowest BCUT2D eigenvalue weighted by molar-refractivity contribution is -0.144. The predicted octanol–water partition coefficient (Wildman–Crippen LogP) is 1.17. The fraction of sp³-hybridized carbons (Fsp3) is 0.867. The molecule has 0 spiro atoms. The first-order valence-electron chi connectivity index (χ1n) is 7.63. The Hall–Kier alpha value is -0.940. The quantitative estimate of drug-likeness (QED) is 0.626. The summed E-state index contributed by atoms with van der Waals surface area (Å²) in [6, 6.07) is 0. The van der Waals surface area contributed by atoms with Gasteiger partial charge in [0.25, 0.3) is 0 Å². The Morgan fingerprint density at radius 1 is 1.05 bits per heavy atom. The summed E-state index contributed by atoms with van der Waals surface area (Å²) in [6.07, 6.45) is 0.505. The van der Waals surface area contributed by atoms with Gasteiger partial charge in [0.1, 0.15) is 5.78 Å². The Bertz CT molecular complexity index is 310. The van der Waals surface area contributed by atoms with Crippen LogP contribution in [0.4, 0.5) is 0 Å². The number of ether oxygens (including phenoxy) is 1. The molecule has 1 heterocycles. The van der Waals surface area contributed by atoms with Gasteiger partial charge in [-0.05, 0) is 12.8 Å². The van der Waals surface area contributed by atoms with Gasteiger partial charge in [-0.15, -0.1) is 0 Å². The van der Waals surface area contributed by atoms with Crippen molar-refractivity contribution in [2.45, 2.75) is 33.6 Å². The van der Waals surface area contributed by atoms with Crippen molar-refractivity contribution in [3.8, 4) is 0 Å². The molecule has 0 atom stereocenters. The first kappa shape index (κ1) is 17.1. The van der Waals surface area contributed by atoms with Crippen molar-refractivity contribution in [3.05, 3.63) is 0 Å². The van der Waals surface area contributed by atoms with E-state index in [0.717, 1.165) is 32.7 Å². The number of hydrogen-bond donors (Lipinski definition) is 0. The van der Waals surface area contributed by atoms with E-state index in [-0.39, 0.29) is 18.2 Å². The van der Waals surface area contributed by atoms with Gasteiger partial charge in [0.05, 0.1) is 19.6 Å². The lowest BCUT2D eigenvalue weighted by Gasteiger charge is -2.35. The van der Waals surface area contributed by atoms with Crippen LogP contribution in [0.1, 0.15) is 33.6 Å². The molecule has 0 aromatic heterocycles. The molecule has 116 valence electrons. The molecule has 0 N–H and O–H groups in total. The van der Waals surface area contributed by atoms with Crippen molar-refractivity contribution < 1.29 is 14.3 Å². The van der Waals surface area contributed by atoms with Crippen LogP contribution in [-0.4, -0.2) is 67.4 Å². The van der Waals surface area contributed by atoms with Gasteiger partial charge < -0.3 is 9.64 Å². The monoisotopic (exact) mass is 284 g/mol. The molecule has 1 saturated heterocycles. The van der Waals surface area contributed by atoms with Gasteiger partial charge in [0, 0.05) is 39.1 Å². The number of piperazine rings is 1. The van der Waals surface area contributed by atoms with Crippen molar-refractivity contribution in [3.63, 3.8) is 0 Å². The van der Waals surface area contributed by atoms with Crippen molar-refractivity contribution in [2.24, 2.45) is 5.92 Å². The molecule has 1 aliphatic heterocycles. The molecule has 0 unspecified atom stereocenters. The van der Waals surface area contributed by atoms with Crippen LogP contribution in [0.2, 0.25) is 0 Å². The first-order chi connectivity index (χ1) is 9.51. The fourth-order valence-electron chi connectivity index (χ4n) is 2.45. The number of Topliss-reactive ketones (excluding diaryl/α,β-unsaturated/α-hetero) is 1. The zero-order valence-electron chi connectivity index (χ0n) is 13.1. The summed E-state index contributed by atoms with van der Waals surface area (Å²) in [7, 11) is 0. The summed E-state index contributed by atoms with van der Waals surface area (Å²) in [5.41, 5.74) is 0. The van der Waals surface area contributed by atoms with Crippen LogP contribution in [0.3, 0.4) is 0 Å². The number of hydrogen-bond acceptors (Lipinski definition) is 5. The SMILES string of the molecule is CCOC(=O)CCC(=O)CN1CCN(CC(C)C)CC1. The standard InChI is InChI=1S/C15H28N2O3/c1-4-20-15(19)6-5-14(18)12-17-9-7-16(8-10-17)11-13(2)3/h13H,4-12H2,1-3H3. The lowest BCUT2D eigenvalue weighted by Crippen LogP contribution is -2.48. The van der Waals surface area contributed by atoms with Crippen molar-refractivity contribution >= 4 is 11.8 Å². The highest BCUT2D eigenvalue weighted by molar-refractivity contribution is 5.84. The van der Waals surface area contributed by atoms with Gasteiger partial charge in [-0.3, -0.25) is 14.5 Å². The van der Waals surface area contributed by atoms with Gasteiger partial charge in [0.2, 0.25) is 0 Å². The number of rotatable bonds is 8.